The van der Waals surface area contributed by atoms with Gasteiger partial charge in [0, 0.05) is 33.4 Å². The van der Waals surface area contributed by atoms with Gasteiger partial charge in [0.1, 0.15) is 0 Å². The van der Waals surface area contributed by atoms with Crippen LogP contribution in [0.25, 0.3) is 33.4 Å². The molecule has 0 atom stereocenters. The van der Waals surface area contributed by atoms with Crippen molar-refractivity contribution in [1.82, 2.24) is 0 Å². The van der Waals surface area contributed by atoms with Gasteiger partial charge in [-0.25, -0.2) is 0 Å². The van der Waals surface area contributed by atoms with Crippen molar-refractivity contribution in [2.75, 3.05) is 0 Å². The normalized spacial score (nSPS) is 9.64. The molecule has 6 aromatic rings. The number of carbonyl (C=O) groups is 6. The topological polar surface area (TPSA) is 241 Å². The number of rotatable bonds is 9. The summed E-state index contributed by atoms with van der Waals surface area (Å²) in [7, 11) is 0. The summed E-state index contributed by atoms with van der Waals surface area (Å²) >= 11 is 0. The summed E-state index contributed by atoms with van der Waals surface area (Å²) in [4.78, 5) is 66.1. The molecule has 0 heterocycles. The first kappa shape index (κ1) is 45.5. The van der Waals surface area contributed by atoms with Crippen LogP contribution in [0.15, 0.2) is 146 Å². The van der Waals surface area contributed by atoms with Crippen LogP contribution < -0.4 is 30.6 Å². The Morgan fingerprint density at radius 2 is 0.482 bits per heavy atom. The second-order valence-corrected chi connectivity index (χ2v) is 11.0. The zero-order valence-corrected chi connectivity index (χ0v) is 31.7. The number of carboxylic acids is 6. The van der Waals surface area contributed by atoms with Gasteiger partial charge in [-0.2, -0.15) is 0 Å². The van der Waals surface area contributed by atoms with Crippen LogP contribution >= 0.6 is 0 Å². The Kier molecular flexibility index (Phi) is 17.3. The van der Waals surface area contributed by atoms with Crippen molar-refractivity contribution in [3.8, 4) is 33.4 Å². The monoisotopic (exact) mass is 926 g/mol. The Labute approximate surface area is 344 Å². The van der Waals surface area contributed by atoms with E-state index in [0.29, 0.717) is 33.4 Å². The standard InChI is InChI=1S/3C14H10O4.2Rh/c3*15-13(16)11-8-4-7-10(12(11)14(17)18)9-5-2-1-3-6-9;;/h3*1-8H,(H,15,16)(H,17,18);;/q;;;2*+3/p-6. The molecule has 0 unspecified atom stereocenters. The van der Waals surface area contributed by atoms with Crippen molar-refractivity contribution < 1.29 is 98.4 Å². The van der Waals surface area contributed by atoms with Gasteiger partial charge in [-0.15, -0.1) is 0 Å². The second kappa shape index (κ2) is 21.3. The minimum absolute atomic E-state index is 0. The van der Waals surface area contributed by atoms with Crippen molar-refractivity contribution >= 4 is 35.8 Å². The molecule has 0 saturated heterocycles. The SMILES string of the molecule is O=C([O-])c1cccc(-c2ccccc2)c1C(=O)[O-].O=C([O-])c1cccc(-c2ccccc2)c1C(=O)[O-].O=C([O-])c1cccc(-c2ccccc2)c1C(=O)[O-].[Rh+3].[Rh+3]. The molecule has 0 fully saturated rings. The first-order chi connectivity index (χ1) is 25.8. The number of hydrogen-bond acceptors (Lipinski definition) is 12. The average Bonchev–Trinajstić information content (AvgIpc) is 3.18. The van der Waals surface area contributed by atoms with Crippen molar-refractivity contribution in [2.24, 2.45) is 0 Å². The van der Waals surface area contributed by atoms with Gasteiger partial charge in [-0.1, -0.05) is 146 Å². The molecule has 0 bridgehead atoms. The van der Waals surface area contributed by atoms with Crippen molar-refractivity contribution in [2.45, 2.75) is 0 Å². The molecule has 0 radical (unpaired) electrons. The predicted octanol–water partition coefficient (Wildman–Crippen LogP) is 0.237. The van der Waals surface area contributed by atoms with E-state index in [1.807, 2.05) is 0 Å². The third-order valence-electron chi connectivity index (χ3n) is 7.72. The third-order valence-corrected chi connectivity index (χ3v) is 7.72. The molecule has 0 aromatic heterocycles. The van der Waals surface area contributed by atoms with Crippen LogP contribution in [0.2, 0.25) is 0 Å². The average molecular weight is 926 g/mol. The molecule has 282 valence electrons. The van der Waals surface area contributed by atoms with Crippen LogP contribution in [0.1, 0.15) is 62.1 Å². The van der Waals surface area contributed by atoms with Gasteiger partial charge in [0.05, 0.1) is 35.8 Å². The van der Waals surface area contributed by atoms with Crippen molar-refractivity contribution in [1.29, 1.82) is 0 Å². The third kappa shape index (κ3) is 11.2. The van der Waals surface area contributed by atoms with Crippen LogP contribution in [0.4, 0.5) is 0 Å². The number of aromatic carboxylic acids is 6. The number of carboxylic acid groups (broad SMARTS) is 6. The van der Waals surface area contributed by atoms with Crippen LogP contribution in [0, 0.1) is 0 Å². The van der Waals surface area contributed by atoms with E-state index in [9.17, 15) is 59.4 Å². The zero-order valence-electron chi connectivity index (χ0n) is 28.4. The maximum atomic E-state index is 11.1. The molecule has 0 N–H and O–H groups in total. The first-order valence-corrected chi connectivity index (χ1v) is 15.7. The fraction of sp³-hybridized carbons (Fsp3) is 0. The van der Waals surface area contributed by atoms with Crippen LogP contribution in [-0.2, 0) is 39.0 Å². The van der Waals surface area contributed by atoms with E-state index in [4.69, 9.17) is 0 Å². The fourth-order valence-electron chi connectivity index (χ4n) is 5.40. The molecule has 0 aliphatic rings. The number of hydrogen-bond donors (Lipinski definition) is 0. The van der Waals surface area contributed by atoms with E-state index in [1.165, 1.54) is 54.6 Å². The van der Waals surface area contributed by atoms with Crippen LogP contribution in [0.5, 0.6) is 0 Å². The second-order valence-electron chi connectivity index (χ2n) is 11.0. The molecule has 12 nitrogen and oxygen atoms in total. The Morgan fingerprint density at radius 1 is 0.268 bits per heavy atom. The van der Waals surface area contributed by atoms with E-state index in [-0.39, 0.29) is 72.3 Å². The summed E-state index contributed by atoms with van der Waals surface area (Å²) in [6.07, 6.45) is 0. The summed E-state index contributed by atoms with van der Waals surface area (Å²) in [6.45, 7) is 0. The molecule has 0 spiro atoms. The summed E-state index contributed by atoms with van der Waals surface area (Å²) < 4.78 is 0. The molecule has 0 aliphatic heterocycles. The van der Waals surface area contributed by atoms with Crippen molar-refractivity contribution in [3.63, 3.8) is 0 Å². The van der Waals surface area contributed by atoms with Gasteiger partial charge < -0.3 is 59.4 Å². The van der Waals surface area contributed by atoms with E-state index in [0.717, 1.165) is 0 Å². The first-order valence-electron chi connectivity index (χ1n) is 15.7. The summed E-state index contributed by atoms with van der Waals surface area (Å²) in [5, 5.41) is 66.1. The predicted molar refractivity (Wildman–Crippen MR) is 182 cm³/mol. The fourth-order valence-corrected chi connectivity index (χ4v) is 5.40. The van der Waals surface area contributed by atoms with E-state index >= 15 is 0 Å². The van der Waals surface area contributed by atoms with Gasteiger partial charge in [-0.3, -0.25) is 0 Å². The van der Waals surface area contributed by atoms with Gasteiger partial charge in [-0.05, 0) is 33.4 Å². The number of carbonyl (C=O) groups excluding carboxylic acids is 6. The zero-order chi connectivity index (χ0) is 39.4. The summed E-state index contributed by atoms with van der Waals surface area (Å²) in [5.41, 5.74) is 0.534. The van der Waals surface area contributed by atoms with Crippen LogP contribution in [0.3, 0.4) is 0 Å². The molecular weight excluding hydrogens is 902 g/mol. The van der Waals surface area contributed by atoms with E-state index < -0.39 is 35.8 Å². The molecule has 6 rings (SSSR count). The van der Waals surface area contributed by atoms with Crippen molar-refractivity contribution in [3.05, 3.63) is 179 Å². The van der Waals surface area contributed by atoms with Crippen LogP contribution in [-0.4, -0.2) is 35.8 Å². The van der Waals surface area contributed by atoms with Gasteiger partial charge >= 0.3 is 39.0 Å². The summed E-state index contributed by atoms with van der Waals surface area (Å²) in [5.74, 6) is -9.21. The molecule has 56 heavy (non-hydrogen) atoms. The molecule has 0 aliphatic carbocycles. The molecular formula is C42H24O12Rh2. The Hall–Kier alpha value is -6.61. The number of benzene rings is 6. The Bertz CT molecular complexity index is 2080. The van der Waals surface area contributed by atoms with E-state index in [2.05, 4.69) is 0 Å². The Balaban J connectivity index is 0.000000285. The maximum absolute atomic E-state index is 11.1. The van der Waals surface area contributed by atoms with Gasteiger partial charge in [0.15, 0.2) is 0 Å². The minimum atomic E-state index is -1.54. The smallest absolute Gasteiger partial charge is 0.545 e. The molecule has 0 saturated carbocycles. The van der Waals surface area contributed by atoms with Gasteiger partial charge in [0.2, 0.25) is 0 Å². The van der Waals surface area contributed by atoms with Gasteiger partial charge in [0.25, 0.3) is 0 Å². The van der Waals surface area contributed by atoms with E-state index in [1.54, 1.807) is 91.0 Å². The maximum Gasteiger partial charge on any atom is 3.00 e. The Morgan fingerprint density at radius 3 is 0.661 bits per heavy atom. The molecule has 6 aromatic carbocycles. The molecule has 0 amide bonds. The quantitative estimate of drug-likeness (QED) is 0.177. The molecule has 14 heteroatoms. The minimum Gasteiger partial charge on any atom is -0.545 e. The largest absolute Gasteiger partial charge is 3.00 e. The summed E-state index contributed by atoms with van der Waals surface area (Å²) in [6, 6.07) is 38.5.